The van der Waals surface area contributed by atoms with Crippen molar-refractivity contribution in [1.29, 1.82) is 0 Å². The molecule has 1 N–H and O–H groups in total. The van der Waals surface area contributed by atoms with Crippen LogP contribution in [-0.4, -0.2) is 24.9 Å². The molecule has 2 aromatic rings. The predicted octanol–water partition coefficient (Wildman–Crippen LogP) is 3.70. The van der Waals surface area contributed by atoms with Gasteiger partial charge in [-0.25, -0.2) is 0 Å². The molecule has 0 atom stereocenters. The summed E-state index contributed by atoms with van der Waals surface area (Å²) in [5.74, 6) is 1.01. The monoisotopic (exact) mass is 327 g/mol. The molecular formula is C19H21NO4. The second-order valence-corrected chi connectivity index (χ2v) is 5.29. The Bertz CT molecular complexity index is 695. The molecule has 0 aliphatic rings. The molecule has 5 heteroatoms. The van der Waals surface area contributed by atoms with Gasteiger partial charge in [0.2, 0.25) is 0 Å². The zero-order valence-electron chi connectivity index (χ0n) is 13.9. The van der Waals surface area contributed by atoms with E-state index in [9.17, 15) is 9.59 Å². The summed E-state index contributed by atoms with van der Waals surface area (Å²) in [5, 5.41) is 2.72. The zero-order chi connectivity index (χ0) is 17.4. The van der Waals surface area contributed by atoms with Gasteiger partial charge in [0.25, 0.3) is 5.91 Å². The minimum atomic E-state index is -0.273. The van der Waals surface area contributed by atoms with Gasteiger partial charge in [0.05, 0.1) is 6.61 Å². The first-order chi connectivity index (χ1) is 11.6. The molecule has 126 valence electrons. The van der Waals surface area contributed by atoms with E-state index in [1.165, 1.54) is 6.92 Å². The number of carbonyl (C=O) groups is 2. The Morgan fingerprint density at radius 3 is 2.29 bits per heavy atom. The van der Waals surface area contributed by atoms with Crippen molar-refractivity contribution in [3.8, 4) is 11.5 Å². The first-order valence-corrected chi connectivity index (χ1v) is 7.85. The van der Waals surface area contributed by atoms with E-state index in [1.54, 1.807) is 36.4 Å². The molecule has 0 aromatic heterocycles. The third kappa shape index (κ3) is 5.43. The fourth-order valence-corrected chi connectivity index (χ4v) is 2.01. The molecule has 0 radical (unpaired) electrons. The van der Waals surface area contributed by atoms with E-state index in [0.29, 0.717) is 23.6 Å². The number of hydrogen-bond donors (Lipinski definition) is 1. The summed E-state index contributed by atoms with van der Waals surface area (Å²) in [7, 11) is 0. The van der Waals surface area contributed by atoms with Crippen LogP contribution in [0.5, 0.6) is 11.5 Å². The van der Waals surface area contributed by atoms with Crippen molar-refractivity contribution in [2.24, 2.45) is 0 Å². The summed E-state index contributed by atoms with van der Waals surface area (Å²) in [4.78, 5) is 23.1. The Labute approximate surface area is 141 Å². The molecule has 5 nitrogen and oxygen atoms in total. The summed E-state index contributed by atoms with van der Waals surface area (Å²) in [6, 6.07) is 13.9. The maximum absolute atomic E-state index is 11.9. The van der Waals surface area contributed by atoms with Gasteiger partial charge in [-0.3, -0.25) is 9.59 Å². The van der Waals surface area contributed by atoms with E-state index >= 15 is 0 Å². The first kappa shape index (κ1) is 17.5. The van der Waals surface area contributed by atoms with E-state index < -0.39 is 0 Å². The fourth-order valence-electron chi connectivity index (χ4n) is 2.01. The summed E-state index contributed by atoms with van der Waals surface area (Å²) >= 11 is 0. The van der Waals surface area contributed by atoms with Gasteiger partial charge in [0, 0.05) is 17.3 Å². The van der Waals surface area contributed by atoms with E-state index in [0.717, 1.165) is 12.2 Å². The molecule has 0 saturated carbocycles. The lowest BCUT2D eigenvalue weighted by atomic mass is 10.1. The number of benzene rings is 2. The van der Waals surface area contributed by atoms with Crippen LogP contribution in [0, 0.1) is 0 Å². The van der Waals surface area contributed by atoms with Crippen molar-refractivity contribution in [1.82, 2.24) is 0 Å². The number of anilines is 1. The minimum absolute atomic E-state index is 0.0126. The van der Waals surface area contributed by atoms with Crippen LogP contribution in [-0.2, 0) is 4.79 Å². The Morgan fingerprint density at radius 2 is 1.67 bits per heavy atom. The number of hydrogen-bond acceptors (Lipinski definition) is 4. The number of rotatable bonds is 8. The molecular weight excluding hydrogens is 306 g/mol. The van der Waals surface area contributed by atoms with Crippen LogP contribution in [0.2, 0.25) is 0 Å². The number of amides is 1. The normalized spacial score (nSPS) is 10.1. The third-order valence-electron chi connectivity index (χ3n) is 3.22. The van der Waals surface area contributed by atoms with Gasteiger partial charge >= 0.3 is 0 Å². The average Bonchev–Trinajstić information content (AvgIpc) is 2.59. The van der Waals surface area contributed by atoms with Gasteiger partial charge in [-0.15, -0.1) is 0 Å². The third-order valence-corrected chi connectivity index (χ3v) is 3.22. The van der Waals surface area contributed by atoms with E-state index in [1.807, 2.05) is 19.1 Å². The predicted molar refractivity (Wildman–Crippen MR) is 92.8 cm³/mol. The van der Waals surface area contributed by atoms with Crippen LogP contribution in [0.25, 0.3) is 0 Å². The molecule has 0 spiro atoms. The van der Waals surface area contributed by atoms with Gasteiger partial charge in [-0.05, 0) is 49.7 Å². The molecule has 0 fully saturated rings. The molecule has 0 unspecified atom stereocenters. The molecule has 1 amide bonds. The highest BCUT2D eigenvalue weighted by Gasteiger charge is 2.06. The number of nitrogens with one attached hydrogen (secondary N) is 1. The van der Waals surface area contributed by atoms with Gasteiger partial charge in [-0.1, -0.05) is 13.0 Å². The molecule has 2 aromatic carbocycles. The summed E-state index contributed by atoms with van der Waals surface area (Å²) in [6.45, 7) is 4.07. The molecule has 0 aliphatic heterocycles. The standard InChI is InChI=1S/C19H21NO4/c1-3-11-23-17-5-4-6-18(12-17)24-13-19(22)20-16-9-7-15(8-10-16)14(2)21/h4-10,12H,3,11,13H2,1-2H3,(H,20,22). The first-order valence-electron chi connectivity index (χ1n) is 7.85. The topological polar surface area (TPSA) is 64.6 Å². The van der Waals surface area contributed by atoms with Crippen molar-refractivity contribution in [2.75, 3.05) is 18.5 Å². The van der Waals surface area contributed by atoms with E-state index in [2.05, 4.69) is 5.32 Å². The van der Waals surface area contributed by atoms with Crippen molar-refractivity contribution in [2.45, 2.75) is 20.3 Å². The van der Waals surface area contributed by atoms with Crippen molar-refractivity contribution < 1.29 is 19.1 Å². The van der Waals surface area contributed by atoms with Gasteiger partial charge < -0.3 is 14.8 Å². The van der Waals surface area contributed by atoms with Crippen LogP contribution in [0.1, 0.15) is 30.6 Å². The number of Topliss-reactive ketones (excluding diaryl/α,β-unsaturated/α-hetero) is 1. The lowest BCUT2D eigenvalue weighted by Crippen LogP contribution is -2.20. The molecule has 2 rings (SSSR count). The quantitative estimate of drug-likeness (QED) is 0.751. The molecule has 0 aliphatic carbocycles. The van der Waals surface area contributed by atoms with Crippen molar-refractivity contribution in [3.63, 3.8) is 0 Å². The highest BCUT2D eigenvalue weighted by Crippen LogP contribution is 2.19. The number of carbonyl (C=O) groups excluding carboxylic acids is 2. The maximum Gasteiger partial charge on any atom is 0.262 e. The van der Waals surface area contributed by atoms with Crippen LogP contribution >= 0.6 is 0 Å². The van der Waals surface area contributed by atoms with Crippen LogP contribution in [0.4, 0.5) is 5.69 Å². The second-order valence-electron chi connectivity index (χ2n) is 5.29. The second kappa shape index (κ2) is 8.72. The van der Waals surface area contributed by atoms with E-state index in [4.69, 9.17) is 9.47 Å². The maximum atomic E-state index is 11.9. The molecule has 24 heavy (non-hydrogen) atoms. The molecule has 0 bridgehead atoms. The highest BCUT2D eigenvalue weighted by atomic mass is 16.5. The Morgan fingerprint density at radius 1 is 1.00 bits per heavy atom. The number of ether oxygens (including phenoxy) is 2. The SMILES string of the molecule is CCCOc1cccc(OCC(=O)Nc2ccc(C(C)=O)cc2)c1. The lowest BCUT2D eigenvalue weighted by Gasteiger charge is -2.09. The molecule has 0 heterocycles. The summed E-state index contributed by atoms with van der Waals surface area (Å²) in [5.41, 5.74) is 1.22. The van der Waals surface area contributed by atoms with Crippen LogP contribution in [0.3, 0.4) is 0 Å². The Kier molecular flexibility index (Phi) is 6.37. The summed E-state index contributed by atoms with van der Waals surface area (Å²) in [6.07, 6.45) is 0.926. The number of ketones is 1. The Balaban J connectivity index is 1.85. The lowest BCUT2D eigenvalue weighted by molar-refractivity contribution is -0.118. The van der Waals surface area contributed by atoms with Gasteiger partial charge in [-0.2, -0.15) is 0 Å². The van der Waals surface area contributed by atoms with Crippen LogP contribution < -0.4 is 14.8 Å². The van der Waals surface area contributed by atoms with Crippen molar-refractivity contribution >= 4 is 17.4 Å². The van der Waals surface area contributed by atoms with Gasteiger partial charge in [0.1, 0.15) is 11.5 Å². The van der Waals surface area contributed by atoms with Crippen molar-refractivity contribution in [3.05, 3.63) is 54.1 Å². The van der Waals surface area contributed by atoms with Gasteiger partial charge in [0.15, 0.2) is 12.4 Å². The summed E-state index contributed by atoms with van der Waals surface area (Å²) < 4.78 is 11.0. The minimum Gasteiger partial charge on any atom is -0.493 e. The average molecular weight is 327 g/mol. The van der Waals surface area contributed by atoms with E-state index in [-0.39, 0.29) is 18.3 Å². The smallest absolute Gasteiger partial charge is 0.262 e. The van der Waals surface area contributed by atoms with Crippen LogP contribution in [0.15, 0.2) is 48.5 Å². The molecule has 0 saturated heterocycles. The Hall–Kier alpha value is -2.82. The fraction of sp³-hybridized carbons (Fsp3) is 0.263. The zero-order valence-corrected chi connectivity index (χ0v) is 13.9. The highest BCUT2D eigenvalue weighted by molar-refractivity contribution is 5.95. The largest absolute Gasteiger partial charge is 0.493 e.